The van der Waals surface area contributed by atoms with Gasteiger partial charge < -0.3 is 5.32 Å². The lowest BCUT2D eigenvalue weighted by atomic mass is 10.2. The van der Waals surface area contributed by atoms with Crippen molar-refractivity contribution >= 4 is 56.1 Å². The van der Waals surface area contributed by atoms with Gasteiger partial charge in [0.05, 0.1) is 11.6 Å². The summed E-state index contributed by atoms with van der Waals surface area (Å²) in [6, 6.07) is 9.40. The molecule has 3 rings (SSSR count). The zero-order chi connectivity index (χ0) is 21.0. The molecule has 29 heavy (non-hydrogen) atoms. The molecule has 0 unspecified atom stereocenters. The average molecular weight is 471 g/mol. The van der Waals surface area contributed by atoms with Crippen LogP contribution in [0, 0.1) is 6.92 Å². The first-order chi connectivity index (χ1) is 13.7. The minimum atomic E-state index is -3.95. The van der Waals surface area contributed by atoms with E-state index >= 15 is 0 Å². The fourth-order valence-corrected chi connectivity index (χ4v) is 5.02. The molecule has 0 saturated heterocycles. The van der Waals surface area contributed by atoms with Crippen LogP contribution in [0.5, 0.6) is 0 Å². The largest absolute Gasteiger partial charge is 0.347 e. The molecule has 0 spiro atoms. The number of rotatable bonds is 7. The van der Waals surface area contributed by atoms with Crippen molar-refractivity contribution in [2.45, 2.75) is 17.7 Å². The summed E-state index contributed by atoms with van der Waals surface area (Å²) in [5, 5.41) is 5.47. The molecule has 0 fully saturated rings. The lowest BCUT2D eigenvalue weighted by Crippen LogP contribution is -2.41. The number of thiophene rings is 1. The van der Waals surface area contributed by atoms with Gasteiger partial charge in [0.15, 0.2) is 0 Å². The Labute approximate surface area is 180 Å². The highest BCUT2D eigenvalue weighted by Gasteiger charge is 2.19. The molecule has 2 aromatic heterocycles. The first kappa shape index (κ1) is 21.4. The molecule has 0 aliphatic rings. The highest BCUT2D eigenvalue weighted by molar-refractivity contribution is 7.91. The van der Waals surface area contributed by atoms with Gasteiger partial charge in [-0.25, -0.2) is 13.4 Å². The Morgan fingerprint density at radius 3 is 2.48 bits per heavy atom. The SMILES string of the molecule is Cc1nc(C(=O)NNS(=O)(=O)c2ccc(CNC(=O)c3ccc(Cl)cc3)s2)cs1. The van der Waals surface area contributed by atoms with Crippen molar-refractivity contribution in [3.8, 4) is 0 Å². The molecule has 0 aliphatic carbocycles. The van der Waals surface area contributed by atoms with E-state index in [0.29, 0.717) is 20.5 Å². The average Bonchev–Trinajstić information content (AvgIpc) is 3.34. The summed E-state index contributed by atoms with van der Waals surface area (Å²) in [5.74, 6) is -0.951. The van der Waals surface area contributed by atoms with E-state index in [4.69, 9.17) is 11.6 Å². The van der Waals surface area contributed by atoms with Crippen LogP contribution < -0.4 is 15.6 Å². The molecular weight excluding hydrogens is 456 g/mol. The van der Waals surface area contributed by atoms with Crippen LogP contribution in [-0.4, -0.2) is 25.2 Å². The number of carbonyl (C=O) groups is 2. The van der Waals surface area contributed by atoms with Gasteiger partial charge >= 0.3 is 0 Å². The Hall–Kier alpha value is -2.31. The Bertz CT molecular complexity index is 1140. The molecule has 0 bridgehead atoms. The minimum Gasteiger partial charge on any atom is -0.347 e. The third-order valence-corrected chi connectivity index (χ3v) is 7.43. The quantitative estimate of drug-likeness (QED) is 0.459. The van der Waals surface area contributed by atoms with Crippen molar-refractivity contribution in [1.29, 1.82) is 0 Å². The Kier molecular flexibility index (Phi) is 6.65. The van der Waals surface area contributed by atoms with Gasteiger partial charge in [-0.15, -0.1) is 27.5 Å². The van der Waals surface area contributed by atoms with Crippen LogP contribution in [0.25, 0.3) is 0 Å². The maximum atomic E-state index is 12.3. The first-order valence-electron chi connectivity index (χ1n) is 8.11. The van der Waals surface area contributed by atoms with E-state index < -0.39 is 15.9 Å². The second kappa shape index (κ2) is 9.01. The normalized spacial score (nSPS) is 11.2. The van der Waals surface area contributed by atoms with E-state index in [1.807, 2.05) is 4.83 Å². The number of nitrogens with one attached hydrogen (secondary N) is 3. The van der Waals surface area contributed by atoms with Crippen LogP contribution in [0.15, 0.2) is 46.0 Å². The van der Waals surface area contributed by atoms with Crippen molar-refractivity contribution in [2.24, 2.45) is 0 Å². The van der Waals surface area contributed by atoms with E-state index in [1.165, 1.54) is 22.8 Å². The van der Waals surface area contributed by atoms with Gasteiger partial charge in [-0.3, -0.25) is 15.0 Å². The second-order valence-electron chi connectivity index (χ2n) is 5.72. The van der Waals surface area contributed by atoms with E-state index in [9.17, 15) is 18.0 Å². The van der Waals surface area contributed by atoms with Gasteiger partial charge in [-0.2, -0.15) is 0 Å². The highest BCUT2D eigenvalue weighted by atomic mass is 35.5. The number of amides is 2. The highest BCUT2D eigenvalue weighted by Crippen LogP contribution is 2.21. The maximum Gasteiger partial charge on any atom is 0.285 e. The Balaban J connectivity index is 1.57. The molecule has 12 heteroatoms. The number of thiazole rings is 1. The number of hydrazine groups is 1. The predicted molar refractivity (Wildman–Crippen MR) is 112 cm³/mol. The van der Waals surface area contributed by atoms with Gasteiger partial charge in [0, 0.05) is 20.8 Å². The zero-order valence-electron chi connectivity index (χ0n) is 14.9. The van der Waals surface area contributed by atoms with Gasteiger partial charge in [0.2, 0.25) is 0 Å². The number of aromatic nitrogens is 1. The molecule has 0 aliphatic heterocycles. The Morgan fingerprint density at radius 2 is 1.83 bits per heavy atom. The standard InChI is InChI=1S/C17H15ClN4O4S3/c1-10-20-14(9-27-10)17(24)21-22-29(25,26)15-7-6-13(28-15)8-19-16(23)11-2-4-12(18)5-3-11/h2-7,9,22H,8H2,1H3,(H,19,23)(H,21,24). The molecule has 1 aromatic carbocycles. The summed E-state index contributed by atoms with van der Waals surface area (Å²) in [5.41, 5.74) is 2.71. The molecule has 0 saturated carbocycles. The molecule has 0 radical (unpaired) electrons. The first-order valence-corrected chi connectivity index (χ1v) is 11.7. The van der Waals surface area contributed by atoms with Crippen molar-refractivity contribution < 1.29 is 18.0 Å². The van der Waals surface area contributed by atoms with Gasteiger partial charge in [0.25, 0.3) is 21.8 Å². The predicted octanol–water partition coefficient (Wildman–Crippen LogP) is 2.72. The van der Waals surface area contributed by atoms with Crippen LogP contribution in [0.2, 0.25) is 5.02 Å². The zero-order valence-corrected chi connectivity index (χ0v) is 18.1. The molecule has 2 heterocycles. The lowest BCUT2D eigenvalue weighted by molar-refractivity contribution is 0.0936. The van der Waals surface area contributed by atoms with E-state index in [2.05, 4.69) is 15.7 Å². The van der Waals surface area contributed by atoms with Crippen LogP contribution in [0.1, 0.15) is 30.7 Å². The molecule has 152 valence electrons. The molecular formula is C17H15ClN4O4S3. The molecule has 2 amide bonds. The van der Waals surface area contributed by atoms with Gasteiger partial charge in [-0.1, -0.05) is 11.6 Å². The molecule has 3 N–H and O–H groups in total. The van der Waals surface area contributed by atoms with Crippen LogP contribution in [0.4, 0.5) is 0 Å². The molecule has 0 atom stereocenters. The number of halogens is 1. The van der Waals surface area contributed by atoms with Crippen molar-refractivity contribution in [3.05, 3.63) is 67.9 Å². The number of hydrogen-bond acceptors (Lipinski definition) is 7. The number of carbonyl (C=O) groups excluding carboxylic acids is 2. The number of hydrogen-bond donors (Lipinski definition) is 3. The van der Waals surface area contributed by atoms with Crippen LogP contribution in [0.3, 0.4) is 0 Å². The third-order valence-electron chi connectivity index (χ3n) is 3.58. The fraction of sp³-hybridized carbons (Fsp3) is 0.118. The molecule has 8 nitrogen and oxygen atoms in total. The third kappa shape index (κ3) is 5.61. The van der Waals surface area contributed by atoms with Crippen LogP contribution in [-0.2, 0) is 16.6 Å². The van der Waals surface area contributed by atoms with E-state index in [1.54, 1.807) is 37.3 Å². The number of sulfonamides is 1. The van der Waals surface area contributed by atoms with Crippen molar-refractivity contribution in [1.82, 2.24) is 20.6 Å². The maximum absolute atomic E-state index is 12.3. The number of benzene rings is 1. The monoisotopic (exact) mass is 470 g/mol. The van der Waals surface area contributed by atoms with E-state index in [0.717, 1.165) is 11.3 Å². The van der Waals surface area contributed by atoms with Gasteiger partial charge in [-0.05, 0) is 43.3 Å². The summed E-state index contributed by atoms with van der Waals surface area (Å²) in [6.07, 6.45) is 0. The smallest absolute Gasteiger partial charge is 0.285 e. The minimum absolute atomic E-state index is 0.00278. The summed E-state index contributed by atoms with van der Waals surface area (Å²) in [4.78, 5) is 30.7. The lowest BCUT2D eigenvalue weighted by Gasteiger charge is -2.05. The van der Waals surface area contributed by atoms with Crippen molar-refractivity contribution in [3.63, 3.8) is 0 Å². The Morgan fingerprint density at radius 1 is 1.10 bits per heavy atom. The summed E-state index contributed by atoms with van der Waals surface area (Å²) in [7, 11) is -3.95. The number of nitrogens with zero attached hydrogens (tertiary/aromatic N) is 1. The summed E-state index contributed by atoms with van der Waals surface area (Å²) >= 11 is 8.06. The van der Waals surface area contributed by atoms with Crippen LogP contribution >= 0.6 is 34.3 Å². The summed E-state index contributed by atoms with van der Waals surface area (Å²) in [6.45, 7) is 1.90. The van der Waals surface area contributed by atoms with Gasteiger partial charge in [0.1, 0.15) is 9.90 Å². The number of aryl methyl sites for hydroxylation is 1. The fourth-order valence-electron chi connectivity index (χ4n) is 2.16. The van der Waals surface area contributed by atoms with Crippen molar-refractivity contribution in [2.75, 3.05) is 0 Å². The summed E-state index contributed by atoms with van der Waals surface area (Å²) < 4.78 is 24.7. The topological polar surface area (TPSA) is 117 Å². The molecule has 3 aromatic rings. The van der Waals surface area contributed by atoms with E-state index in [-0.39, 0.29) is 22.4 Å². The second-order valence-corrected chi connectivity index (χ2v) is 10.3.